The maximum atomic E-state index is 12.4. The summed E-state index contributed by atoms with van der Waals surface area (Å²) >= 11 is 0. The number of aliphatic carboxylic acids is 1. The van der Waals surface area contributed by atoms with Crippen LogP contribution in [0.5, 0.6) is 0 Å². The van der Waals surface area contributed by atoms with Gasteiger partial charge in [-0.05, 0) is 25.5 Å². The van der Waals surface area contributed by atoms with Crippen LogP contribution in [0.15, 0.2) is 30.3 Å². The Labute approximate surface area is 123 Å². The normalized spacial score (nSPS) is 12.1. The van der Waals surface area contributed by atoms with Crippen molar-refractivity contribution in [2.75, 3.05) is 0 Å². The molecule has 2 N–H and O–H groups in total. The number of fused-ring (bicyclic) bond motifs is 1. The lowest BCUT2D eigenvalue weighted by Gasteiger charge is -2.14. The minimum atomic E-state index is -1.01. The standard InChI is InChI=1S/C16H18N2O3/c1-3-6-14(16(20)21)18-15(19)12-9-10(2)17-13-8-5-4-7-11(12)13/h4-5,7-9,14H,3,6H2,1-2H3,(H,18,19)(H,20,21)/t14-/m1/s1. The fourth-order valence-corrected chi connectivity index (χ4v) is 2.28. The van der Waals surface area contributed by atoms with Gasteiger partial charge in [0, 0.05) is 11.1 Å². The lowest BCUT2D eigenvalue weighted by atomic mass is 10.1. The highest BCUT2D eigenvalue weighted by Crippen LogP contribution is 2.18. The zero-order valence-corrected chi connectivity index (χ0v) is 12.1. The fourth-order valence-electron chi connectivity index (χ4n) is 2.28. The van der Waals surface area contributed by atoms with Crippen LogP contribution in [-0.2, 0) is 4.79 Å². The molecule has 5 heteroatoms. The van der Waals surface area contributed by atoms with E-state index in [0.717, 1.165) is 16.6 Å². The first-order chi connectivity index (χ1) is 10.0. The van der Waals surface area contributed by atoms with Gasteiger partial charge in [-0.2, -0.15) is 0 Å². The van der Waals surface area contributed by atoms with E-state index in [1.165, 1.54) is 0 Å². The molecule has 0 aliphatic rings. The number of carboxylic acids is 1. The SMILES string of the molecule is CCC[C@@H](NC(=O)c1cc(C)nc2ccccc12)C(=O)O. The van der Waals surface area contributed by atoms with Crippen molar-refractivity contribution in [3.63, 3.8) is 0 Å². The summed E-state index contributed by atoms with van der Waals surface area (Å²) in [5, 5.41) is 12.5. The zero-order chi connectivity index (χ0) is 15.4. The number of carboxylic acid groups (broad SMARTS) is 1. The topological polar surface area (TPSA) is 79.3 Å². The molecular weight excluding hydrogens is 268 g/mol. The smallest absolute Gasteiger partial charge is 0.326 e. The van der Waals surface area contributed by atoms with Gasteiger partial charge in [0.2, 0.25) is 0 Å². The molecule has 2 rings (SSSR count). The van der Waals surface area contributed by atoms with E-state index in [1.807, 2.05) is 38.1 Å². The third-order valence-electron chi connectivity index (χ3n) is 3.27. The number of amides is 1. The van der Waals surface area contributed by atoms with Crippen LogP contribution in [-0.4, -0.2) is 28.0 Å². The lowest BCUT2D eigenvalue weighted by molar-refractivity contribution is -0.139. The molecule has 0 radical (unpaired) electrons. The summed E-state index contributed by atoms with van der Waals surface area (Å²) in [7, 11) is 0. The molecule has 0 aliphatic carbocycles. The average Bonchev–Trinajstić information content (AvgIpc) is 2.45. The molecule has 1 atom stereocenters. The summed E-state index contributed by atoms with van der Waals surface area (Å²) in [4.78, 5) is 27.9. The molecule has 2 aromatic rings. The molecule has 21 heavy (non-hydrogen) atoms. The number of aryl methyl sites for hydroxylation is 1. The van der Waals surface area contributed by atoms with E-state index in [0.29, 0.717) is 18.4 Å². The number of pyridine rings is 1. The van der Waals surface area contributed by atoms with E-state index < -0.39 is 12.0 Å². The van der Waals surface area contributed by atoms with E-state index in [1.54, 1.807) is 6.07 Å². The van der Waals surface area contributed by atoms with Gasteiger partial charge in [0.05, 0.1) is 11.1 Å². The molecule has 1 aromatic carbocycles. The van der Waals surface area contributed by atoms with Gasteiger partial charge in [0.15, 0.2) is 0 Å². The Kier molecular flexibility index (Phi) is 4.52. The Hall–Kier alpha value is -2.43. The Morgan fingerprint density at radius 3 is 2.71 bits per heavy atom. The van der Waals surface area contributed by atoms with E-state index in [4.69, 9.17) is 5.11 Å². The number of benzene rings is 1. The fraction of sp³-hybridized carbons (Fsp3) is 0.312. The predicted octanol–water partition coefficient (Wildman–Crippen LogP) is 2.53. The van der Waals surface area contributed by atoms with E-state index in [2.05, 4.69) is 10.3 Å². The van der Waals surface area contributed by atoms with Crippen LogP contribution < -0.4 is 5.32 Å². The second kappa shape index (κ2) is 6.35. The van der Waals surface area contributed by atoms with Crippen LogP contribution in [0.25, 0.3) is 10.9 Å². The first-order valence-corrected chi connectivity index (χ1v) is 6.93. The molecule has 0 bridgehead atoms. The Balaban J connectivity index is 2.37. The van der Waals surface area contributed by atoms with Crippen LogP contribution in [0.1, 0.15) is 35.8 Å². The molecule has 1 amide bonds. The third-order valence-corrected chi connectivity index (χ3v) is 3.27. The molecule has 1 heterocycles. The highest BCUT2D eigenvalue weighted by atomic mass is 16.4. The number of nitrogens with zero attached hydrogens (tertiary/aromatic N) is 1. The molecule has 0 aliphatic heterocycles. The number of rotatable bonds is 5. The van der Waals surface area contributed by atoms with Crippen LogP contribution >= 0.6 is 0 Å². The number of carbonyl (C=O) groups excluding carboxylic acids is 1. The number of carbonyl (C=O) groups is 2. The molecule has 0 spiro atoms. The van der Waals surface area contributed by atoms with Crippen molar-refractivity contribution in [1.82, 2.24) is 10.3 Å². The third kappa shape index (κ3) is 3.37. The van der Waals surface area contributed by atoms with Crippen LogP contribution in [0.2, 0.25) is 0 Å². The Morgan fingerprint density at radius 2 is 2.05 bits per heavy atom. The largest absolute Gasteiger partial charge is 0.480 e. The molecular formula is C16H18N2O3. The summed E-state index contributed by atoms with van der Waals surface area (Å²) in [6.07, 6.45) is 1.09. The maximum Gasteiger partial charge on any atom is 0.326 e. The molecule has 0 unspecified atom stereocenters. The van der Waals surface area contributed by atoms with Crippen LogP contribution in [0.3, 0.4) is 0 Å². The summed E-state index contributed by atoms with van der Waals surface area (Å²) in [6, 6.07) is 8.15. The second-order valence-electron chi connectivity index (χ2n) is 4.98. The molecule has 0 fully saturated rings. The van der Waals surface area contributed by atoms with Crippen molar-refractivity contribution < 1.29 is 14.7 Å². The quantitative estimate of drug-likeness (QED) is 0.885. The Bertz CT molecular complexity index is 682. The maximum absolute atomic E-state index is 12.4. The lowest BCUT2D eigenvalue weighted by Crippen LogP contribution is -2.40. The number of para-hydroxylation sites is 1. The summed E-state index contributed by atoms with van der Waals surface area (Å²) in [5.74, 6) is -1.39. The molecule has 0 saturated heterocycles. The summed E-state index contributed by atoms with van der Waals surface area (Å²) in [6.45, 7) is 3.69. The van der Waals surface area contributed by atoms with E-state index in [9.17, 15) is 9.59 Å². The van der Waals surface area contributed by atoms with Crippen molar-refractivity contribution in [1.29, 1.82) is 0 Å². The van der Waals surface area contributed by atoms with Gasteiger partial charge < -0.3 is 10.4 Å². The van der Waals surface area contributed by atoms with Gasteiger partial charge in [0.1, 0.15) is 6.04 Å². The summed E-state index contributed by atoms with van der Waals surface area (Å²) < 4.78 is 0. The molecule has 0 saturated carbocycles. The summed E-state index contributed by atoms with van der Waals surface area (Å²) in [5.41, 5.74) is 1.91. The van der Waals surface area contributed by atoms with Crippen molar-refractivity contribution in [3.05, 3.63) is 41.6 Å². The zero-order valence-electron chi connectivity index (χ0n) is 12.1. The minimum absolute atomic E-state index is 0.377. The van der Waals surface area contributed by atoms with Gasteiger partial charge in [0.25, 0.3) is 5.91 Å². The van der Waals surface area contributed by atoms with Crippen molar-refractivity contribution in [2.45, 2.75) is 32.7 Å². The van der Waals surface area contributed by atoms with Gasteiger partial charge in [-0.3, -0.25) is 9.78 Å². The molecule has 5 nitrogen and oxygen atoms in total. The van der Waals surface area contributed by atoms with Crippen LogP contribution in [0, 0.1) is 6.92 Å². The number of hydrogen-bond donors (Lipinski definition) is 2. The number of nitrogens with one attached hydrogen (secondary N) is 1. The second-order valence-corrected chi connectivity index (χ2v) is 4.98. The minimum Gasteiger partial charge on any atom is -0.480 e. The van der Waals surface area contributed by atoms with Gasteiger partial charge in [-0.25, -0.2) is 4.79 Å². The predicted molar refractivity (Wildman–Crippen MR) is 80.3 cm³/mol. The first kappa shape index (κ1) is 15.0. The average molecular weight is 286 g/mol. The van der Waals surface area contributed by atoms with Gasteiger partial charge in [-0.1, -0.05) is 31.5 Å². The van der Waals surface area contributed by atoms with Crippen molar-refractivity contribution in [2.24, 2.45) is 0 Å². The monoisotopic (exact) mass is 286 g/mol. The van der Waals surface area contributed by atoms with E-state index in [-0.39, 0.29) is 5.91 Å². The van der Waals surface area contributed by atoms with E-state index >= 15 is 0 Å². The number of hydrogen-bond acceptors (Lipinski definition) is 3. The highest BCUT2D eigenvalue weighted by Gasteiger charge is 2.21. The first-order valence-electron chi connectivity index (χ1n) is 6.93. The van der Waals surface area contributed by atoms with Crippen molar-refractivity contribution >= 4 is 22.8 Å². The molecule has 110 valence electrons. The van der Waals surface area contributed by atoms with Gasteiger partial charge >= 0.3 is 5.97 Å². The molecule has 1 aromatic heterocycles. The van der Waals surface area contributed by atoms with Crippen molar-refractivity contribution in [3.8, 4) is 0 Å². The highest BCUT2D eigenvalue weighted by molar-refractivity contribution is 6.07. The number of aromatic nitrogens is 1. The van der Waals surface area contributed by atoms with Crippen LogP contribution in [0.4, 0.5) is 0 Å². The van der Waals surface area contributed by atoms with Gasteiger partial charge in [-0.15, -0.1) is 0 Å². The Morgan fingerprint density at radius 1 is 1.33 bits per heavy atom.